The smallest absolute Gasteiger partial charge is 0.0207 e. The fraction of sp³-hybridized carbons (Fsp3) is 1.00. The minimum Gasteiger partial charge on any atom is -0.313 e. The highest BCUT2D eigenvalue weighted by Crippen LogP contribution is 2.31. The molecule has 2 heteroatoms. The maximum absolute atomic E-state index is 3.65. The van der Waals surface area contributed by atoms with Gasteiger partial charge in [-0.2, -0.15) is 0 Å². The molecule has 16 heavy (non-hydrogen) atoms. The van der Waals surface area contributed by atoms with Gasteiger partial charge in [0.2, 0.25) is 0 Å². The Hall–Kier alpha value is -0.0800. The highest BCUT2D eigenvalue weighted by molar-refractivity contribution is 4.84. The molecule has 1 heterocycles. The van der Waals surface area contributed by atoms with E-state index in [1.54, 1.807) is 0 Å². The molecule has 0 aromatic carbocycles. The number of likely N-dealkylation sites (tertiary alicyclic amines) is 1. The first-order valence-electron chi connectivity index (χ1n) is 7.23. The van der Waals surface area contributed by atoms with Crippen molar-refractivity contribution in [2.24, 2.45) is 11.8 Å². The van der Waals surface area contributed by atoms with Crippen molar-refractivity contribution in [1.29, 1.82) is 0 Å². The van der Waals surface area contributed by atoms with Crippen LogP contribution >= 0.6 is 0 Å². The summed E-state index contributed by atoms with van der Waals surface area (Å²) in [4.78, 5) is 2.69. The third-order valence-corrected chi connectivity index (χ3v) is 4.28. The Morgan fingerprint density at radius 3 is 2.81 bits per heavy atom. The first kappa shape index (κ1) is 12.4. The summed E-state index contributed by atoms with van der Waals surface area (Å²) in [6.45, 7) is 9.85. The van der Waals surface area contributed by atoms with Crippen LogP contribution in [0.1, 0.15) is 46.0 Å². The van der Waals surface area contributed by atoms with E-state index >= 15 is 0 Å². The van der Waals surface area contributed by atoms with Gasteiger partial charge in [-0.25, -0.2) is 0 Å². The molecule has 1 aliphatic carbocycles. The number of nitrogens with zero attached hydrogens (tertiary/aromatic N) is 1. The van der Waals surface area contributed by atoms with Crippen molar-refractivity contribution in [3.05, 3.63) is 0 Å². The van der Waals surface area contributed by atoms with Crippen molar-refractivity contribution < 1.29 is 0 Å². The molecule has 94 valence electrons. The fourth-order valence-electron chi connectivity index (χ4n) is 3.37. The molecule has 1 N–H and O–H groups in total. The van der Waals surface area contributed by atoms with Crippen molar-refractivity contribution in [2.75, 3.05) is 26.2 Å². The molecule has 0 spiro atoms. The molecule has 2 aliphatic rings. The van der Waals surface area contributed by atoms with Crippen LogP contribution in [0.2, 0.25) is 0 Å². The zero-order valence-electron chi connectivity index (χ0n) is 11.0. The minimum absolute atomic E-state index is 0.777. The van der Waals surface area contributed by atoms with Gasteiger partial charge in [0, 0.05) is 19.1 Å². The lowest BCUT2D eigenvalue weighted by Gasteiger charge is -2.20. The molecule has 0 amide bonds. The second-order valence-electron chi connectivity index (χ2n) is 5.98. The molecule has 1 aliphatic heterocycles. The molecule has 1 saturated carbocycles. The third kappa shape index (κ3) is 3.46. The van der Waals surface area contributed by atoms with Crippen LogP contribution in [0.5, 0.6) is 0 Å². The molecule has 0 aromatic rings. The van der Waals surface area contributed by atoms with Crippen molar-refractivity contribution in [3.8, 4) is 0 Å². The van der Waals surface area contributed by atoms with Crippen LogP contribution in [0.4, 0.5) is 0 Å². The average molecular weight is 224 g/mol. The third-order valence-electron chi connectivity index (χ3n) is 4.28. The van der Waals surface area contributed by atoms with Gasteiger partial charge in [0.15, 0.2) is 0 Å². The lowest BCUT2D eigenvalue weighted by atomic mass is 10.1. The Bertz CT molecular complexity index is 205. The molecule has 0 aromatic heterocycles. The highest BCUT2D eigenvalue weighted by Gasteiger charge is 2.27. The zero-order valence-corrected chi connectivity index (χ0v) is 11.0. The number of hydrogen-bond acceptors (Lipinski definition) is 2. The summed E-state index contributed by atoms with van der Waals surface area (Å²) in [7, 11) is 0. The molecular formula is C14H28N2. The van der Waals surface area contributed by atoms with Gasteiger partial charge in [-0.3, -0.25) is 0 Å². The van der Waals surface area contributed by atoms with Crippen LogP contribution in [-0.4, -0.2) is 37.1 Å². The molecule has 0 radical (unpaired) electrons. The van der Waals surface area contributed by atoms with E-state index in [-0.39, 0.29) is 0 Å². The van der Waals surface area contributed by atoms with E-state index < -0.39 is 0 Å². The molecule has 3 unspecified atom stereocenters. The Balaban J connectivity index is 1.64. The monoisotopic (exact) mass is 224 g/mol. The largest absolute Gasteiger partial charge is 0.313 e. The van der Waals surface area contributed by atoms with Gasteiger partial charge in [-0.1, -0.05) is 20.3 Å². The van der Waals surface area contributed by atoms with Gasteiger partial charge in [0.25, 0.3) is 0 Å². The van der Waals surface area contributed by atoms with Crippen LogP contribution in [0.3, 0.4) is 0 Å². The number of nitrogens with one attached hydrogen (secondary N) is 1. The predicted octanol–water partition coefficient (Wildman–Crippen LogP) is 2.50. The van der Waals surface area contributed by atoms with Crippen molar-refractivity contribution in [2.45, 2.75) is 52.0 Å². The SMILES string of the molecule is CCCNC1CCN(CC2CCC(C)C2)C1. The van der Waals surface area contributed by atoms with Crippen LogP contribution in [0, 0.1) is 11.8 Å². The molecule has 0 bridgehead atoms. The molecule has 2 nitrogen and oxygen atoms in total. The van der Waals surface area contributed by atoms with E-state index in [9.17, 15) is 0 Å². The van der Waals surface area contributed by atoms with E-state index in [1.807, 2.05) is 0 Å². The van der Waals surface area contributed by atoms with E-state index in [1.165, 1.54) is 58.3 Å². The molecule has 1 saturated heterocycles. The van der Waals surface area contributed by atoms with Gasteiger partial charge in [0.1, 0.15) is 0 Å². The van der Waals surface area contributed by atoms with E-state index in [0.717, 1.165) is 17.9 Å². The summed E-state index contributed by atoms with van der Waals surface area (Å²) < 4.78 is 0. The highest BCUT2D eigenvalue weighted by atomic mass is 15.2. The summed E-state index contributed by atoms with van der Waals surface area (Å²) >= 11 is 0. The van der Waals surface area contributed by atoms with Gasteiger partial charge >= 0.3 is 0 Å². The van der Waals surface area contributed by atoms with E-state index in [2.05, 4.69) is 24.1 Å². The standard InChI is InChI=1S/C14H28N2/c1-3-7-15-14-6-8-16(11-14)10-13-5-4-12(2)9-13/h12-15H,3-11H2,1-2H3. The summed E-state index contributed by atoms with van der Waals surface area (Å²) in [6.07, 6.45) is 7.04. The van der Waals surface area contributed by atoms with E-state index in [0.29, 0.717) is 0 Å². The van der Waals surface area contributed by atoms with E-state index in [4.69, 9.17) is 0 Å². The summed E-state index contributed by atoms with van der Waals surface area (Å²) in [5, 5.41) is 3.65. The Morgan fingerprint density at radius 2 is 2.12 bits per heavy atom. The van der Waals surface area contributed by atoms with Crippen LogP contribution in [0.25, 0.3) is 0 Å². The summed E-state index contributed by atoms with van der Waals surface area (Å²) in [6, 6.07) is 0.777. The van der Waals surface area contributed by atoms with Crippen LogP contribution in [-0.2, 0) is 0 Å². The predicted molar refractivity (Wildman–Crippen MR) is 69.6 cm³/mol. The Kier molecular flexibility index (Phi) is 4.66. The topological polar surface area (TPSA) is 15.3 Å². The van der Waals surface area contributed by atoms with Gasteiger partial charge in [-0.15, -0.1) is 0 Å². The minimum atomic E-state index is 0.777. The maximum atomic E-state index is 3.65. The summed E-state index contributed by atoms with van der Waals surface area (Å²) in [5.74, 6) is 1.99. The van der Waals surface area contributed by atoms with Crippen molar-refractivity contribution in [3.63, 3.8) is 0 Å². The van der Waals surface area contributed by atoms with Gasteiger partial charge in [-0.05, 0) is 50.6 Å². The fourth-order valence-corrected chi connectivity index (χ4v) is 3.37. The first-order chi connectivity index (χ1) is 7.78. The number of rotatable bonds is 5. The van der Waals surface area contributed by atoms with Crippen molar-refractivity contribution >= 4 is 0 Å². The first-order valence-corrected chi connectivity index (χ1v) is 7.23. The summed E-state index contributed by atoms with van der Waals surface area (Å²) in [5.41, 5.74) is 0. The molecular weight excluding hydrogens is 196 g/mol. The lowest BCUT2D eigenvalue weighted by molar-refractivity contribution is 0.270. The molecule has 2 rings (SSSR count). The maximum Gasteiger partial charge on any atom is 0.0207 e. The number of hydrogen-bond donors (Lipinski definition) is 1. The van der Waals surface area contributed by atoms with Gasteiger partial charge in [0.05, 0.1) is 0 Å². The van der Waals surface area contributed by atoms with Gasteiger partial charge < -0.3 is 10.2 Å². The normalized spacial score (nSPS) is 36.0. The van der Waals surface area contributed by atoms with Crippen molar-refractivity contribution in [1.82, 2.24) is 10.2 Å². The average Bonchev–Trinajstić information content (AvgIpc) is 2.86. The Labute approximate surface area is 101 Å². The second kappa shape index (κ2) is 6.02. The lowest BCUT2D eigenvalue weighted by Crippen LogP contribution is -2.34. The molecule has 3 atom stereocenters. The second-order valence-corrected chi connectivity index (χ2v) is 5.98. The van der Waals surface area contributed by atoms with Crippen LogP contribution in [0.15, 0.2) is 0 Å². The Morgan fingerprint density at radius 1 is 1.25 bits per heavy atom. The zero-order chi connectivity index (χ0) is 11.4. The molecule has 2 fully saturated rings. The van der Waals surface area contributed by atoms with Crippen LogP contribution < -0.4 is 5.32 Å². The quantitative estimate of drug-likeness (QED) is 0.772.